The Bertz CT molecular complexity index is 370. The fourth-order valence-electron chi connectivity index (χ4n) is 2.04. The monoisotopic (exact) mass is 271 g/mol. The highest BCUT2D eigenvalue weighted by atomic mass is 16.4. The van der Waals surface area contributed by atoms with Crippen molar-refractivity contribution in [3.05, 3.63) is 0 Å². The molecule has 0 bridgehead atoms. The van der Waals surface area contributed by atoms with E-state index in [1.807, 2.05) is 0 Å². The number of likely N-dealkylation sites (N-methyl/N-ethyl adjacent to an activating group) is 2. The number of hydrogen-bond acceptors (Lipinski definition) is 3. The maximum atomic E-state index is 11.8. The molecule has 0 saturated heterocycles. The number of hydrogen-bond donors (Lipinski definition) is 2. The van der Waals surface area contributed by atoms with Gasteiger partial charge in [0.15, 0.2) is 0 Å². The van der Waals surface area contributed by atoms with E-state index in [1.165, 1.54) is 9.80 Å². The van der Waals surface area contributed by atoms with Gasteiger partial charge < -0.3 is 20.2 Å². The van der Waals surface area contributed by atoms with Crippen LogP contribution in [0.1, 0.15) is 19.3 Å². The van der Waals surface area contributed by atoms with Crippen LogP contribution in [0.15, 0.2) is 0 Å². The Labute approximate surface area is 112 Å². The van der Waals surface area contributed by atoms with Crippen molar-refractivity contribution in [2.24, 2.45) is 5.92 Å². The number of carbonyl (C=O) groups excluding carboxylic acids is 2. The summed E-state index contributed by atoms with van der Waals surface area (Å²) in [5.41, 5.74) is 0. The van der Waals surface area contributed by atoms with E-state index < -0.39 is 5.97 Å². The van der Waals surface area contributed by atoms with Gasteiger partial charge >= 0.3 is 12.0 Å². The van der Waals surface area contributed by atoms with Gasteiger partial charge in [0.05, 0.1) is 5.92 Å². The van der Waals surface area contributed by atoms with E-state index in [0.717, 1.165) is 0 Å². The molecule has 108 valence electrons. The molecule has 1 aliphatic rings. The van der Waals surface area contributed by atoms with Gasteiger partial charge in [-0.1, -0.05) is 0 Å². The zero-order valence-corrected chi connectivity index (χ0v) is 11.5. The van der Waals surface area contributed by atoms with E-state index in [2.05, 4.69) is 5.32 Å². The van der Waals surface area contributed by atoms with Crippen LogP contribution in [0.5, 0.6) is 0 Å². The van der Waals surface area contributed by atoms with Crippen molar-refractivity contribution in [2.75, 3.05) is 27.7 Å². The summed E-state index contributed by atoms with van der Waals surface area (Å²) in [4.78, 5) is 36.8. The average Bonchev–Trinajstić information content (AvgIpc) is 2.77. The molecule has 2 unspecified atom stereocenters. The molecule has 0 radical (unpaired) electrons. The van der Waals surface area contributed by atoms with Crippen molar-refractivity contribution in [2.45, 2.75) is 25.3 Å². The molecule has 1 saturated carbocycles. The fourth-order valence-corrected chi connectivity index (χ4v) is 2.04. The SMILES string of the molecule is CN(C)C(=O)CN(C)C(=O)NC1CCC(C(=O)O)C1. The first-order valence-electron chi connectivity index (χ1n) is 6.25. The van der Waals surface area contributed by atoms with Crippen molar-refractivity contribution < 1.29 is 19.5 Å². The molecule has 0 aromatic rings. The first kappa shape index (κ1) is 15.3. The molecule has 0 spiro atoms. The summed E-state index contributed by atoms with van der Waals surface area (Å²) in [6.07, 6.45) is 1.70. The van der Waals surface area contributed by atoms with Crippen LogP contribution in [0.25, 0.3) is 0 Å². The van der Waals surface area contributed by atoms with Gasteiger partial charge in [0.1, 0.15) is 6.54 Å². The second-order valence-corrected chi connectivity index (χ2v) is 5.14. The van der Waals surface area contributed by atoms with Gasteiger partial charge in [-0.2, -0.15) is 0 Å². The predicted octanol–water partition coefficient (Wildman–Crippen LogP) is -0.0307. The Morgan fingerprint density at radius 1 is 1.21 bits per heavy atom. The normalized spacial score (nSPS) is 21.8. The lowest BCUT2D eigenvalue weighted by Crippen LogP contribution is -2.46. The van der Waals surface area contributed by atoms with E-state index in [9.17, 15) is 14.4 Å². The third-order valence-corrected chi connectivity index (χ3v) is 3.33. The molecular weight excluding hydrogens is 250 g/mol. The van der Waals surface area contributed by atoms with Crippen LogP contribution in [0, 0.1) is 5.92 Å². The minimum Gasteiger partial charge on any atom is -0.481 e. The lowest BCUT2D eigenvalue weighted by atomic mass is 10.1. The molecule has 2 N–H and O–H groups in total. The number of carbonyl (C=O) groups is 3. The summed E-state index contributed by atoms with van der Waals surface area (Å²) < 4.78 is 0. The molecule has 0 aromatic carbocycles. The summed E-state index contributed by atoms with van der Waals surface area (Å²) in [7, 11) is 4.80. The third kappa shape index (κ3) is 4.42. The van der Waals surface area contributed by atoms with E-state index in [0.29, 0.717) is 19.3 Å². The van der Waals surface area contributed by atoms with Gasteiger partial charge in [0, 0.05) is 27.2 Å². The molecule has 0 heterocycles. The highest BCUT2D eigenvalue weighted by Crippen LogP contribution is 2.25. The van der Waals surface area contributed by atoms with Gasteiger partial charge in [-0.15, -0.1) is 0 Å². The van der Waals surface area contributed by atoms with Gasteiger partial charge in [-0.25, -0.2) is 4.79 Å². The van der Waals surface area contributed by atoms with Crippen molar-refractivity contribution in [1.29, 1.82) is 0 Å². The van der Waals surface area contributed by atoms with Crippen LogP contribution >= 0.6 is 0 Å². The fraction of sp³-hybridized carbons (Fsp3) is 0.750. The smallest absolute Gasteiger partial charge is 0.317 e. The standard InChI is InChI=1S/C12H21N3O4/c1-14(2)10(16)7-15(3)12(19)13-9-5-4-8(6-9)11(17)18/h8-9H,4-7H2,1-3H3,(H,13,19)(H,17,18). The van der Waals surface area contributed by atoms with E-state index in [4.69, 9.17) is 5.11 Å². The quantitative estimate of drug-likeness (QED) is 0.751. The van der Waals surface area contributed by atoms with E-state index in [1.54, 1.807) is 21.1 Å². The second kappa shape index (κ2) is 6.40. The molecule has 1 fully saturated rings. The number of nitrogens with zero attached hydrogens (tertiary/aromatic N) is 2. The molecule has 1 rings (SSSR count). The highest BCUT2D eigenvalue weighted by molar-refractivity contribution is 5.83. The van der Waals surface area contributed by atoms with Crippen LogP contribution in [0.4, 0.5) is 4.79 Å². The zero-order valence-electron chi connectivity index (χ0n) is 11.5. The second-order valence-electron chi connectivity index (χ2n) is 5.14. The summed E-state index contributed by atoms with van der Waals surface area (Å²) in [6.45, 7) is 0.00785. The Morgan fingerprint density at radius 2 is 1.84 bits per heavy atom. The zero-order chi connectivity index (χ0) is 14.6. The number of amides is 3. The van der Waals surface area contributed by atoms with E-state index in [-0.39, 0.29) is 30.4 Å². The predicted molar refractivity (Wildman–Crippen MR) is 68.6 cm³/mol. The maximum absolute atomic E-state index is 11.8. The Balaban J connectivity index is 2.39. The van der Waals surface area contributed by atoms with Crippen LogP contribution in [0.2, 0.25) is 0 Å². The van der Waals surface area contributed by atoms with Gasteiger partial charge in [0.2, 0.25) is 5.91 Å². The van der Waals surface area contributed by atoms with Crippen molar-refractivity contribution in [1.82, 2.24) is 15.1 Å². The Morgan fingerprint density at radius 3 is 2.32 bits per heavy atom. The van der Waals surface area contributed by atoms with Gasteiger partial charge in [0.25, 0.3) is 0 Å². The van der Waals surface area contributed by atoms with Crippen molar-refractivity contribution in [3.63, 3.8) is 0 Å². The number of aliphatic carboxylic acids is 1. The van der Waals surface area contributed by atoms with E-state index >= 15 is 0 Å². The third-order valence-electron chi connectivity index (χ3n) is 3.33. The van der Waals surface area contributed by atoms with Gasteiger partial charge in [-0.3, -0.25) is 9.59 Å². The summed E-state index contributed by atoms with van der Waals surface area (Å²) in [6, 6.07) is -0.461. The number of urea groups is 1. The largest absolute Gasteiger partial charge is 0.481 e. The lowest BCUT2D eigenvalue weighted by Gasteiger charge is -2.22. The molecule has 7 nitrogen and oxygen atoms in total. The minimum absolute atomic E-state index is 0.00785. The average molecular weight is 271 g/mol. The Hall–Kier alpha value is -1.79. The summed E-state index contributed by atoms with van der Waals surface area (Å²) in [5.74, 6) is -1.35. The number of rotatable bonds is 4. The molecule has 2 atom stereocenters. The lowest BCUT2D eigenvalue weighted by molar-refractivity contribution is -0.141. The molecule has 3 amide bonds. The molecule has 7 heteroatoms. The van der Waals surface area contributed by atoms with Gasteiger partial charge in [-0.05, 0) is 19.3 Å². The van der Waals surface area contributed by atoms with Crippen molar-refractivity contribution in [3.8, 4) is 0 Å². The number of carboxylic acid groups (broad SMARTS) is 1. The van der Waals surface area contributed by atoms with Crippen LogP contribution in [-0.2, 0) is 9.59 Å². The minimum atomic E-state index is -0.812. The molecule has 19 heavy (non-hydrogen) atoms. The first-order chi connectivity index (χ1) is 8.81. The summed E-state index contributed by atoms with van der Waals surface area (Å²) >= 11 is 0. The number of nitrogens with one attached hydrogen (secondary N) is 1. The highest BCUT2D eigenvalue weighted by Gasteiger charge is 2.31. The molecule has 1 aliphatic carbocycles. The summed E-state index contributed by atoms with van der Waals surface area (Å²) in [5, 5.41) is 11.6. The number of carboxylic acids is 1. The van der Waals surface area contributed by atoms with Crippen LogP contribution < -0.4 is 5.32 Å². The first-order valence-corrected chi connectivity index (χ1v) is 6.25. The van der Waals surface area contributed by atoms with Crippen LogP contribution in [0.3, 0.4) is 0 Å². The topological polar surface area (TPSA) is 90.0 Å². The molecule has 0 aromatic heterocycles. The van der Waals surface area contributed by atoms with Crippen LogP contribution in [-0.4, -0.2) is 66.5 Å². The molecule has 0 aliphatic heterocycles. The maximum Gasteiger partial charge on any atom is 0.317 e. The Kier molecular flexibility index (Phi) is 5.14. The molecular formula is C12H21N3O4. The van der Waals surface area contributed by atoms with Crippen molar-refractivity contribution >= 4 is 17.9 Å².